The van der Waals surface area contributed by atoms with Crippen molar-refractivity contribution < 1.29 is 24.9 Å². The van der Waals surface area contributed by atoms with E-state index in [4.69, 9.17) is 10.2 Å². The molecule has 12 heteroatoms. The topological polar surface area (TPSA) is 165 Å². The fraction of sp³-hybridized carbons (Fsp3) is 0.375. The van der Waals surface area contributed by atoms with E-state index in [9.17, 15) is 14.7 Å². The minimum atomic E-state index is -1.13. The summed E-state index contributed by atoms with van der Waals surface area (Å²) >= 11 is 0. The molecule has 0 radical (unpaired) electrons. The van der Waals surface area contributed by atoms with Gasteiger partial charge in [0, 0.05) is 56.5 Å². The number of anilines is 2. The van der Waals surface area contributed by atoms with Crippen LogP contribution >= 0.6 is 0 Å². The van der Waals surface area contributed by atoms with E-state index < -0.39 is 12.1 Å². The first-order valence-corrected chi connectivity index (χ1v) is 8.43. The SMILES string of the molecule is O=C(O)NCc1cnc(N2CCN(c3ncc(C(=O)O)cn3)CC2CO)nc1. The lowest BCUT2D eigenvalue weighted by molar-refractivity contribution is 0.0696. The maximum Gasteiger partial charge on any atom is 0.404 e. The standard InChI is InChI=1S/C16H19N7O5/c24-9-12-8-22(14-19-6-11(7-20-14)13(25)26)1-2-23(12)15-17-3-10(4-18-15)5-21-16(27)28/h3-4,6-7,12,21,24H,1-2,5,8-9H2,(H,25,26)(H,27,28). The van der Waals surface area contributed by atoms with Crippen molar-refractivity contribution in [1.29, 1.82) is 0 Å². The minimum absolute atomic E-state index is 0.00646. The molecule has 1 aliphatic heterocycles. The number of aromatic nitrogens is 4. The van der Waals surface area contributed by atoms with Crippen LogP contribution in [0.4, 0.5) is 16.7 Å². The molecule has 12 nitrogen and oxygen atoms in total. The molecule has 3 rings (SSSR count). The number of piperazine rings is 1. The second-order valence-electron chi connectivity index (χ2n) is 6.10. The van der Waals surface area contributed by atoms with Crippen LogP contribution in [0.15, 0.2) is 24.8 Å². The average Bonchev–Trinajstić information content (AvgIpc) is 2.72. The Morgan fingerprint density at radius 1 is 1.04 bits per heavy atom. The number of carboxylic acids is 1. The predicted molar refractivity (Wildman–Crippen MR) is 96.3 cm³/mol. The zero-order valence-electron chi connectivity index (χ0n) is 14.8. The van der Waals surface area contributed by atoms with Gasteiger partial charge in [-0.25, -0.2) is 29.5 Å². The second-order valence-corrected chi connectivity index (χ2v) is 6.10. The van der Waals surface area contributed by atoms with E-state index in [1.54, 1.807) is 0 Å². The summed E-state index contributed by atoms with van der Waals surface area (Å²) in [5, 5.41) is 29.6. The van der Waals surface area contributed by atoms with E-state index >= 15 is 0 Å². The summed E-state index contributed by atoms with van der Waals surface area (Å²) in [7, 11) is 0. The van der Waals surface area contributed by atoms with Crippen molar-refractivity contribution in [3.05, 3.63) is 35.9 Å². The van der Waals surface area contributed by atoms with Gasteiger partial charge >= 0.3 is 12.1 Å². The van der Waals surface area contributed by atoms with Crippen molar-refractivity contribution in [2.75, 3.05) is 36.0 Å². The van der Waals surface area contributed by atoms with Crippen molar-refractivity contribution in [1.82, 2.24) is 25.3 Å². The van der Waals surface area contributed by atoms with Crippen molar-refractivity contribution >= 4 is 24.0 Å². The Bertz CT molecular complexity index is 830. The molecule has 0 bridgehead atoms. The fourth-order valence-electron chi connectivity index (χ4n) is 2.82. The van der Waals surface area contributed by atoms with Crippen LogP contribution in [0.25, 0.3) is 0 Å². The van der Waals surface area contributed by atoms with Crippen LogP contribution in [0.3, 0.4) is 0 Å². The third-order valence-corrected chi connectivity index (χ3v) is 4.25. The number of nitrogens with zero attached hydrogens (tertiary/aromatic N) is 6. The zero-order chi connectivity index (χ0) is 20.1. The van der Waals surface area contributed by atoms with E-state index in [1.807, 2.05) is 9.80 Å². The molecule has 1 aliphatic rings. The predicted octanol–water partition coefficient (Wildman–Crippen LogP) is -0.580. The van der Waals surface area contributed by atoms with Crippen LogP contribution in [0.1, 0.15) is 15.9 Å². The highest BCUT2D eigenvalue weighted by Crippen LogP contribution is 2.19. The smallest absolute Gasteiger partial charge is 0.404 e. The van der Waals surface area contributed by atoms with Crippen LogP contribution in [-0.4, -0.2) is 79.6 Å². The molecule has 1 unspecified atom stereocenters. The lowest BCUT2D eigenvalue weighted by Crippen LogP contribution is -2.56. The van der Waals surface area contributed by atoms with Crippen LogP contribution < -0.4 is 15.1 Å². The highest BCUT2D eigenvalue weighted by Gasteiger charge is 2.29. The van der Waals surface area contributed by atoms with Gasteiger partial charge in [-0.3, -0.25) is 0 Å². The number of aliphatic hydroxyl groups excluding tert-OH is 1. The van der Waals surface area contributed by atoms with Crippen LogP contribution in [0.2, 0.25) is 0 Å². The van der Waals surface area contributed by atoms with Gasteiger partial charge in [0.15, 0.2) is 0 Å². The molecule has 1 amide bonds. The third kappa shape index (κ3) is 4.40. The Morgan fingerprint density at radius 3 is 2.25 bits per heavy atom. The number of carbonyl (C=O) groups is 2. The van der Waals surface area contributed by atoms with E-state index in [0.717, 1.165) is 0 Å². The van der Waals surface area contributed by atoms with Gasteiger partial charge in [-0.05, 0) is 0 Å². The molecule has 2 aromatic rings. The summed E-state index contributed by atoms with van der Waals surface area (Å²) in [6.07, 6.45) is 4.44. The first-order chi connectivity index (χ1) is 13.5. The molecule has 28 heavy (non-hydrogen) atoms. The lowest BCUT2D eigenvalue weighted by atomic mass is 10.2. The molecule has 0 aliphatic carbocycles. The van der Waals surface area contributed by atoms with Gasteiger partial charge in [0.1, 0.15) is 0 Å². The summed E-state index contributed by atoms with van der Waals surface area (Å²) in [6, 6.07) is -0.306. The first kappa shape index (κ1) is 19.2. The lowest BCUT2D eigenvalue weighted by Gasteiger charge is -2.40. The number of carboxylic acid groups (broad SMARTS) is 2. The van der Waals surface area contributed by atoms with Crippen molar-refractivity contribution in [2.24, 2.45) is 0 Å². The van der Waals surface area contributed by atoms with E-state index in [1.165, 1.54) is 24.8 Å². The number of aliphatic hydroxyl groups is 1. The summed E-state index contributed by atoms with van der Waals surface area (Å²) in [5.74, 6) is -0.275. The van der Waals surface area contributed by atoms with Gasteiger partial charge in [0.25, 0.3) is 0 Å². The Hall–Kier alpha value is -3.54. The maximum atomic E-state index is 10.9. The molecule has 1 fully saturated rings. The molecule has 0 saturated carbocycles. The number of rotatable bonds is 6. The highest BCUT2D eigenvalue weighted by atomic mass is 16.4. The van der Waals surface area contributed by atoms with Gasteiger partial charge in [-0.15, -0.1) is 0 Å². The minimum Gasteiger partial charge on any atom is -0.478 e. The Labute approximate surface area is 159 Å². The second kappa shape index (κ2) is 8.43. The van der Waals surface area contributed by atoms with Crippen LogP contribution in [0, 0.1) is 0 Å². The van der Waals surface area contributed by atoms with E-state index in [2.05, 4.69) is 25.3 Å². The fourth-order valence-corrected chi connectivity index (χ4v) is 2.82. The third-order valence-electron chi connectivity index (χ3n) is 4.25. The number of amides is 1. The summed E-state index contributed by atoms with van der Waals surface area (Å²) in [6.45, 7) is 1.41. The Balaban J connectivity index is 1.67. The number of nitrogens with one attached hydrogen (secondary N) is 1. The normalized spacial score (nSPS) is 16.7. The summed E-state index contributed by atoms with van der Waals surface area (Å²) < 4.78 is 0. The molecule has 4 N–H and O–H groups in total. The summed E-state index contributed by atoms with van der Waals surface area (Å²) in [4.78, 5) is 41.8. The molecule has 0 aromatic carbocycles. The Kier molecular flexibility index (Phi) is 5.79. The number of aromatic carboxylic acids is 1. The molecule has 3 heterocycles. The largest absolute Gasteiger partial charge is 0.478 e. The molecule has 2 aromatic heterocycles. The summed E-state index contributed by atoms with van der Waals surface area (Å²) in [5.41, 5.74) is 0.629. The zero-order valence-corrected chi connectivity index (χ0v) is 14.8. The molecule has 1 saturated heterocycles. The van der Waals surface area contributed by atoms with Crippen LogP contribution in [0.5, 0.6) is 0 Å². The van der Waals surface area contributed by atoms with Crippen LogP contribution in [-0.2, 0) is 6.54 Å². The number of hydrogen-bond acceptors (Lipinski definition) is 9. The molecular formula is C16H19N7O5. The van der Waals surface area contributed by atoms with E-state index in [0.29, 0.717) is 37.1 Å². The number of hydrogen-bond donors (Lipinski definition) is 4. The highest BCUT2D eigenvalue weighted by molar-refractivity contribution is 5.86. The van der Waals surface area contributed by atoms with E-state index in [-0.39, 0.29) is 24.8 Å². The molecule has 148 valence electrons. The van der Waals surface area contributed by atoms with Gasteiger partial charge in [0.05, 0.1) is 18.2 Å². The van der Waals surface area contributed by atoms with Gasteiger partial charge in [-0.1, -0.05) is 0 Å². The first-order valence-electron chi connectivity index (χ1n) is 8.43. The quantitative estimate of drug-likeness (QED) is 0.499. The van der Waals surface area contributed by atoms with Crippen molar-refractivity contribution in [3.8, 4) is 0 Å². The van der Waals surface area contributed by atoms with Gasteiger partial charge in [0.2, 0.25) is 11.9 Å². The van der Waals surface area contributed by atoms with Gasteiger partial charge in [-0.2, -0.15) is 0 Å². The van der Waals surface area contributed by atoms with Crippen molar-refractivity contribution in [2.45, 2.75) is 12.6 Å². The average molecular weight is 389 g/mol. The van der Waals surface area contributed by atoms with Gasteiger partial charge < -0.3 is 30.4 Å². The molecule has 0 spiro atoms. The Morgan fingerprint density at radius 2 is 1.68 bits per heavy atom. The monoisotopic (exact) mass is 389 g/mol. The molecular weight excluding hydrogens is 370 g/mol. The maximum absolute atomic E-state index is 10.9. The molecule has 1 atom stereocenters. The van der Waals surface area contributed by atoms with Crippen molar-refractivity contribution in [3.63, 3.8) is 0 Å².